The quantitative estimate of drug-likeness (QED) is 0.339. The van der Waals surface area contributed by atoms with Gasteiger partial charge in [0.2, 0.25) is 5.91 Å². The second-order valence-electron chi connectivity index (χ2n) is 9.78. The van der Waals surface area contributed by atoms with E-state index in [1.165, 1.54) is 13.5 Å². The number of nitrogens with zero attached hydrogens (tertiary/aromatic N) is 2. The summed E-state index contributed by atoms with van der Waals surface area (Å²) in [5, 5.41) is 6.32. The van der Waals surface area contributed by atoms with Crippen LogP contribution in [0.1, 0.15) is 40.7 Å². The first-order valence-electron chi connectivity index (χ1n) is 13.1. The van der Waals surface area contributed by atoms with Gasteiger partial charge in [-0.2, -0.15) is 0 Å². The van der Waals surface area contributed by atoms with Crippen molar-refractivity contribution in [3.05, 3.63) is 89.5 Å². The summed E-state index contributed by atoms with van der Waals surface area (Å²) in [7, 11) is 3.12. The topological polar surface area (TPSA) is 91.0 Å². The van der Waals surface area contributed by atoms with Gasteiger partial charge in [0.1, 0.15) is 0 Å². The predicted molar refractivity (Wildman–Crippen MR) is 153 cm³/mol. The summed E-state index contributed by atoms with van der Waals surface area (Å²) in [5.41, 5.74) is 5.01. The molecule has 3 aromatic rings. The minimum absolute atomic E-state index is 0.0605. The van der Waals surface area contributed by atoms with E-state index < -0.39 is 5.97 Å². The van der Waals surface area contributed by atoms with Gasteiger partial charge < -0.3 is 20.3 Å². The Bertz CT molecular complexity index is 1410. The van der Waals surface area contributed by atoms with Crippen molar-refractivity contribution >= 4 is 46.1 Å². The SMILES string of the molecule is COC(=O)c1ccc2c(c1)/C(=C(/Nc1ccc(N(C)C(=O)CN3CCCCC3)cc1)c1ccccc1)C(=O)N2. The molecule has 2 aliphatic heterocycles. The molecule has 5 rings (SSSR count). The summed E-state index contributed by atoms with van der Waals surface area (Å²) in [5.74, 6) is -0.677. The lowest BCUT2D eigenvalue weighted by Gasteiger charge is -2.28. The molecular weight excluding hydrogens is 492 g/mol. The summed E-state index contributed by atoms with van der Waals surface area (Å²) in [4.78, 5) is 42.2. The van der Waals surface area contributed by atoms with E-state index in [0.29, 0.717) is 34.6 Å². The highest BCUT2D eigenvalue weighted by atomic mass is 16.5. The summed E-state index contributed by atoms with van der Waals surface area (Å²) in [6.45, 7) is 2.36. The van der Waals surface area contributed by atoms with Crippen LogP contribution in [0.3, 0.4) is 0 Å². The van der Waals surface area contributed by atoms with Gasteiger partial charge in [0.05, 0.1) is 30.5 Å². The van der Waals surface area contributed by atoms with E-state index in [1.54, 1.807) is 30.1 Å². The second-order valence-corrected chi connectivity index (χ2v) is 9.78. The standard InChI is InChI=1S/C31H32N4O4/c1-34(27(36)20-35-17-7-4-8-18-35)24-14-12-23(13-15-24)32-29(21-9-5-3-6-10-21)28-25-19-22(31(38)39-2)11-16-26(25)33-30(28)37/h3,5-6,9-16,19,32H,4,7-8,17-18,20H2,1-2H3,(H,33,37)/b29-28-. The summed E-state index contributed by atoms with van der Waals surface area (Å²) in [6.07, 6.45) is 3.52. The molecule has 0 saturated carbocycles. The lowest BCUT2D eigenvalue weighted by Crippen LogP contribution is -2.40. The molecule has 1 saturated heterocycles. The number of piperidine rings is 1. The fourth-order valence-electron chi connectivity index (χ4n) is 5.02. The molecule has 2 aliphatic rings. The van der Waals surface area contributed by atoms with E-state index in [4.69, 9.17) is 4.74 Å². The maximum atomic E-state index is 13.2. The molecule has 39 heavy (non-hydrogen) atoms. The fraction of sp³-hybridized carbons (Fsp3) is 0.258. The first kappa shape index (κ1) is 26.2. The van der Waals surface area contributed by atoms with Crippen LogP contribution >= 0.6 is 0 Å². The maximum absolute atomic E-state index is 13.2. The number of methoxy groups -OCH3 is 1. The molecule has 8 heteroatoms. The molecule has 2 heterocycles. The van der Waals surface area contributed by atoms with Crippen molar-refractivity contribution in [2.75, 3.05) is 49.3 Å². The monoisotopic (exact) mass is 524 g/mol. The Balaban J connectivity index is 1.44. The van der Waals surface area contributed by atoms with Gasteiger partial charge in [-0.15, -0.1) is 0 Å². The number of nitrogens with one attached hydrogen (secondary N) is 2. The zero-order valence-corrected chi connectivity index (χ0v) is 22.2. The molecule has 0 radical (unpaired) electrons. The van der Waals surface area contributed by atoms with E-state index in [9.17, 15) is 14.4 Å². The van der Waals surface area contributed by atoms with Crippen LogP contribution in [0.15, 0.2) is 72.8 Å². The van der Waals surface area contributed by atoms with E-state index in [2.05, 4.69) is 15.5 Å². The largest absolute Gasteiger partial charge is 0.465 e. The first-order chi connectivity index (χ1) is 18.9. The van der Waals surface area contributed by atoms with Gasteiger partial charge in [-0.3, -0.25) is 14.5 Å². The number of carbonyl (C=O) groups excluding carboxylic acids is 3. The average Bonchev–Trinajstić information content (AvgIpc) is 3.31. The molecule has 0 bridgehead atoms. The number of amides is 2. The van der Waals surface area contributed by atoms with Crippen LogP contribution in [0, 0.1) is 0 Å². The lowest BCUT2D eigenvalue weighted by molar-refractivity contribution is -0.119. The van der Waals surface area contributed by atoms with E-state index in [1.807, 2.05) is 54.6 Å². The van der Waals surface area contributed by atoms with E-state index >= 15 is 0 Å². The van der Waals surface area contributed by atoms with Gasteiger partial charge in [0, 0.05) is 29.7 Å². The zero-order chi connectivity index (χ0) is 27.4. The van der Waals surface area contributed by atoms with Crippen molar-refractivity contribution in [2.24, 2.45) is 0 Å². The molecule has 0 aliphatic carbocycles. The number of benzene rings is 3. The highest BCUT2D eigenvalue weighted by molar-refractivity contribution is 6.37. The van der Waals surface area contributed by atoms with Gasteiger partial charge in [-0.1, -0.05) is 36.8 Å². The van der Waals surface area contributed by atoms with Gasteiger partial charge >= 0.3 is 5.97 Å². The minimum atomic E-state index is -0.472. The van der Waals surface area contributed by atoms with Crippen LogP contribution in [0.2, 0.25) is 0 Å². The number of fused-ring (bicyclic) bond motifs is 1. The zero-order valence-electron chi connectivity index (χ0n) is 22.2. The fourth-order valence-corrected chi connectivity index (χ4v) is 5.02. The van der Waals surface area contributed by atoms with Crippen LogP contribution in [0.5, 0.6) is 0 Å². The average molecular weight is 525 g/mol. The van der Waals surface area contributed by atoms with Crippen LogP contribution < -0.4 is 15.5 Å². The molecule has 1 fully saturated rings. The molecule has 8 nitrogen and oxygen atoms in total. The number of hydrogen-bond acceptors (Lipinski definition) is 6. The number of rotatable bonds is 7. The Morgan fingerprint density at radius 2 is 1.67 bits per heavy atom. The van der Waals surface area contributed by atoms with Crippen molar-refractivity contribution in [3.8, 4) is 0 Å². The third kappa shape index (κ3) is 5.71. The van der Waals surface area contributed by atoms with Crippen molar-refractivity contribution in [2.45, 2.75) is 19.3 Å². The molecule has 200 valence electrons. The smallest absolute Gasteiger partial charge is 0.337 e. The van der Waals surface area contributed by atoms with Gasteiger partial charge in [-0.25, -0.2) is 4.79 Å². The van der Waals surface area contributed by atoms with Crippen molar-refractivity contribution in [1.82, 2.24) is 4.90 Å². The molecule has 0 aromatic heterocycles. The van der Waals surface area contributed by atoms with Crippen LogP contribution in [-0.2, 0) is 14.3 Å². The minimum Gasteiger partial charge on any atom is -0.465 e. The lowest BCUT2D eigenvalue weighted by atomic mass is 9.98. The number of likely N-dealkylation sites (N-methyl/N-ethyl adjacent to an activating group) is 1. The molecule has 0 spiro atoms. The molecule has 2 amide bonds. The Morgan fingerprint density at radius 3 is 2.36 bits per heavy atom. The van der Waals surface area contributed by atoms with Crippen LogP contribution in [-0.4, -0.2) is 56.5 Å². The number of hydrogen-bond donors (Lipinski definition) is 2. The van der Waals surface area contributed by atoms with Gasteiger partial charge in [0.25, 0.3) is 5.91 Å². The van der Waals surface area contributed by atoms with Gasteiger partial charge in [-0.05, 0) is 74.0 Å². The number of ether oxygens (including phenoxy) is 1. The Morgan fingerprint density at radius 1 is 0.949 bits per heavy atom. The number of carbonyl (C=O) groups is 3. The summed E-state index contributed by atoms with van der Waals surface area (Å²) < 4.78 is 4.88. The molecule has 2 N–H and O–H groups in total. The third-order valence-electron chi connectivity index (χ3n) is 7.20. The highest BCUT2D eigenvalue weighted by Gasteiger charge is 2.29. The Labute approximate surface area is 228 Å². The molecule has 3 aromatic carbocycles. The Kier molecular flexibility index (Phi) is 7.74. The second kappa shape index (κ2) is 11.5. The van der Waals surface area contributed by atoms with Gasteiger partial charge in [0.15, 0.2) is 0 Å². The highest BCUT2D eigenvalue weighted by Crippen LogP contribution is 2.38. The van der Waals surface area contributed by atoms with Crippen LogP contribution in [0.25, 0.3) is 11.3 Å². The summed E-state index contributed by atoms with van der Waals surface area (Å²) >= 11 is 0. The number of likely N-dealkylation sites (tertiary alicyclic amines) is 1. The van der Waals surface area contributed by atoms with E-state index in [0.717, 1.165) is 42.9 Å². The van der Waals surface area contributed by atoms with Crippen LogP contribution in [0.4, 0.5) is 17.1 Å². The molecular formula is C31H32N4O4. The molecule has 0 unspecified atom stereocenters. The number of esters is 1. The van der Waals surface area contributed by atoms with Crippen molar-refractivity contribution < 1.29 is 19.1 Å². The predicted octanol–water partition coefficient (Wildman–Crippen LogP) is 4.85. The molecule has 0 atom stereocenters. The maximum Gasteiger partial charge on any atom is 0.337 e. The Hall–Kier alpha value is -4.43. The summed E-state index contributed by atoms with van der Waals surface area (Å²) in [6, 6.07) is 22.1. The first-order valence-corrected chi connectivity index (χ1v) is 13.1. The van der Waals surface area contributed by atoms with Crippen molar-refractivity contribution in [1.29, 1.82) is 0 Å². The number of anilines is 3. The van der Waals surface area contributed by atoms with Crippen molar-refractivity contribution in [3.63, 3.8) is 0 Å². The third-order valence-corrected chi connectivity index (χ3v) is 7.20. The normalized spacial score (nSPS) is 16.2. The van der Waals surface area contributed by atoms with E-state index in [-0.39, 0.29) is 11.8 Å².